The summed E-state index contributed by atoms with van der Waals surface area (Å²) in [6.07, 6.45) is 0. The molecule has 1 heterocycles. The van der Waals surface area contributed by atoms with Crippen molar-refractivity contribution in [2.24, 2.45) is 5.18 Å². The molecule has 0 saturated heterocycles. The number of benzene rings is 3. The molecule has 4 aromatic rings. The SMILES string of the molecule is CCNC(=O)c1noc(-c2cc(-c3ccc(F)cc3)c(N=O)cc2O)c1-c1ccc(CN(C)CC)cc1. The summed E-state index contributed by atoms with van der Waals surface area (Å²) in [4.78, 5) is 26.5. The largest absolute Gasteiger partial charge is 0.507 e. The number of aromatic hydroxyl groups is 1. The lowest BCUT2D eigenvalue weighted by Gasteiger charge is -2.14. The van der Waals surface area contributed by atoms with Crippen LogP contribution in [0.2, 0.25) is 0 Å². The van der Waals surface area contributed by atoms with Gasteiger partial charge in [-0.3, -0.25) is 4.79 Å². The van der Waals surface area contributed by atoms with Crippen molar-refractivity contribution in [1.29, 1.82) is 0 Å². The molecule has 0 bridgehead atoms. The summed E-state index contributed by atoms with van der Waals surface area (Å²) in [6.45, 7) is 5.93. The molecule has 0 saturated carbocycles. The van der Waals surface area contributed by atoms with E-state index in [0.717, 1.165) is 18.7 Å². The minimum atomic E-state index is -0.430. The van der Waals surface area contributed by atoms with Gasteiger partial charge in [-0.15, -0.1) is 4.91 Å². The van der Waals surface area contributed by atoms with Crippen molar-refractivity contribution in [1.82, 2.24) is 15.4 Å². The molecule has 0 aliphatic carbocycles. The summed E-state index contributed by atoms with van der Waals surface area (Å²) < 4.78 is 19.1. The Bertz CT molecular complexity index is 1420. The second-order valence-electron chi connectivity index (χ2n) is 8.61. The van der Waals surface area contributed by atoms with Crippen LogP contribution in [0.3, 0.4) is 0 Å². The highest BCUT2D eigenvalue weighted by Crippen LogP contribution is 2.44. The van der Waals surface area contributed by atoms with Crippen molar-refractivity contribution in [2.45, 2.75) is 20.4 Å². The van der Waals surface area contributed by atoms with Crippen LogP contribution in [0, 0.1) is 10.7 Å². The number of nitrogens with one attached hydrogen (secondary N) is 1. The topological polar surface area (TPSA) is 108 Å². The van der Waals surface area contributed by atoms with Gasteiger partial charge in [-0.2, -0.15) is 0 Å². The molecule has 3 aromatic carbocycles. The maximum atomic E-state index is 13.5. The molecule has 190 valence electrons. The molecule has 0 radical (unpaired) electrons. The van der Waals surface area contributed by atoms with Crippen molar-refractivity contribution < 1.29 is 18.8 Å². The number of phenolic OH excluding ortho intramolecular Hbond substituents is 1. The van der Waals surface area contributed by atoms with E-state index in [-0.39, 0.29) is 28.5 Å². The van der Waals surface area contributed by atoms with Crippen LogP contribution in [-0.4, -0.2) is 41.2 Å². The molecule has 0 aliphatic rings. The fraction of sp³-hybridized carbons (Fsp3) is 0.214. The number of hydrogen-bond donors (Lipinski definition) is 2. The first kappa shape index (κ1) is 25.7. The number of phenols is 1. The van der Waals surface area contributed by atoms with Gasteiger partial charge >= 0.3 is 0 Å². The van der Waals surface area contributed by atoms with Crippen molar-refractivity contribution in [3.63, 3.8) is 0 Å². The van der Waals surface area contributed by atoms with Crippen LogP contribution < -0.4 is 5.32 Å². The highest BCUT2D eigenvalue weighted by molar-refractivity contribution is 6.03. The van der Waals surface area contributed by atoms with Gasteiger partial charge in [0.2, 0.25) is 0 Å². The number of amides is 1. The third kappa shape index (κ3) is 5.41. The first-order chi connectivity index (χ1) is 17.9. The lowest BCUT2D eigenvalue weighted by atomic mass is 9.94. The van der Waals surface area contributed by atoms with Gasteiger partial charge in [-0.05, 0) is 60.6 Å². The highest BCUT2D eigenvalue weighted by Gasteiger charge is 2.27. The average molecular weight is 503 g/mol. The molecule has 0 unspecified atom stereocenters. The Morgan fingerprint density at radius 3 is 2.35 bits per heavy atom. The Morgan fingerprint density at radius 1 is 1.05 bits per heavy atom. The smallest absolute Gasteiger partial charge is 0.274 e. The van der Waals surface area contributed by atoms with Gasteiger partial charge in [-0.25, -0.2) is 4.39 Å². The number of aromatic nitrogens is 1. The van der Waals surface area contributed by atoms with Gasteiger partial charge in [0, 0.05) is 24.7 Å². The Balaban J connectivity index is 1.88. The summed E-state index contributed by atoms with van der Waals surface area (Å²) in [7, 11) is 2.03. The third-order valence-corrected chi connectivity index (χ3v) is 6.09. The fourth-order valence-corrected chi connectivity index (χ4v) is 4.04. The van der Waals surface area contributed by atoms with E-state index in [1.54, 1.807) is 6.92 Å². The molecule has 8 nitrogen and oxygen atoms in total. The fourth-order valence-electron chi connectivity index (χ4n) is 4.04. The van der Waals surface area contributed by atoms with E-state index in [1.165, 1.54) is 36.4 Å². The van der Waals surface area contributed by atoms with Gasteiger partial charge in [0.15, 0.2) is 11.5 Å². The highest BCUT2D eigenvalue weighted by atomic mass is 19.1. The van der Waals surface area contributed by atoms with E-state index >= 15 is 0 Å². The van der Waals surface area contributed by atoms with Gasteiger partial charge in [-0.1, -0.05) is 48.5 Å². The Hall–Kier alpha value is -4.37. The third-order valence-electron chi connectivity index (χ3n) is 6.09. The standard InChI is InChI=1S/C28H27FN4O4/c1-4-30-28(35)26-25(19-8-6-17(7-9-19)16-33(3)5-2)27(37-32-26)22-14-21(23(31-36)15-24(22)34)18-10-12-20(29)13-11-18/h6-15,34H,4-5,16H2,1-3H3,(H,30,35). The van der Waals surface area contributed by atoms with Crippen molar-refractivity contribution in [3.05, 3.63) is 82.6 Å². The summed E-state index contributed by atoms with van der Waals surface area (Å²) in [5.41, 5.74) is 3.29. The molecule has 37 heavy (non-hydrogen) atoms. The van der Waals surface area contributed by atoms with E-state index < -0.39 is 11.7 Å². The van der Waals surface area contributed by atoms with Gasteiger partial charge in [0.25, 0.3) is 5.91 Å². The quantitative estimate of drug-likeness (QED) is 0.267. The Kier molecular flexibility index (Phi) is 7.74. The summed E-state index contributed by atoms with van der Waals surface area (Å²) in [6, 6.07) is 15.9. The van der Waals surface area contributed by atoms with Gasteiger partial charge in [0.1, 0.15) is 17.3 Å². The van der Waals surface area contributed by atoms with Crippen LogP contribution in [0.15, 0.2) is 70.4 Å². The second kappa shape index (κ2) is 11.1. The van der Waals surface area contributed by atoms with Crippen molar-refractivity contribution in [3.8, 4) is 39.3 Å². The van der Waals surface area contributed by atoms with E-state index in [1.807, 2.05) is 31.3 Å². The van der Waals surface area contributed by atoms with Gasteiger partial charge < -0.3 is 19.8 Å². The summed E-state index contributed by atoms with van der Waals surface area (Å²) in [5.74, 6) is -0.979. The van der Waals surface area contributed by atoms with E-state index in [4.69, 9.17) is 4.52 Å². The molecular weight excluding hydrogens is 475 g/mol. The predicted octanol–water partition coefficient (Wildman–Crippen LogP) is 6.12. The van der Waals surface area contributed by atoms with Gasteiger partial charge in [0.05, 0.1) is 11.1 Å². The minimum Gasteiger partial charge on any atom is -0.507 e. The Morgan fingerprint density at radius 2 is 1.73 bits per heavy atom. The van der Waals surface area contributed by atoms with E-state index in [9.17, 15) is 19.2 Å². The zero-order chi connectivity index (χ0) is 26.5. The maximum absolute atomic E-state index is 13.5. The molecular formula is C28H27FN4O4. The summed E-state index contributed by atoms with van der Waals surface area (Å²) in [5, 5.41) is 20.6. The first-order valence-electron chi connectivity index (χ1n) is 11.9. The van der Waals surface area contributed by atoms with Crippen molar-refractivity contribution >= 4 is 11.6 Å². The molecule has 9 heteroatoms. The molecule has 0 atom stereocenters. The normalized spacial score (nSPS) is 11.1. The lowest BCUT2D eigenvalue weighted by molar-refractivity contribution is 0.0947. The number of carbonyl (C=O) groups excluding carboxylic acids is 1. The molecule has 0 spiro atoms. The number of hydrogen-bond acceptors (Lipinski definition) is 7. The average Bonchev–Trinajstić information content (AvgIpc) is 3.34. The van der Waals surface area contributed by atoms with E-state index in [2.05, 4.69) is 27.5 Å². The summed E-state index contributed by atoms with van der Waals surface area (Å²) >= 11 is 0. The van der Waals surface area contributed by atoms with Crippen LogP contribution >= 0.6 is 0 Å². The monoisotopic (exact) mass is 502 g/mol. The number of halogens is 1. The zero-order valence-corrected chi connectivity index (χ0v) is 20.8. The van der Waals surface area contributed by atoms with Crippen LogP contribution in [0.25, 0.3) is 33.6 Å². The van der Waals surface area contributed by atoms with Crippen LogP contribution in [0.5, 0.6) is 5.75 Å². The second-order valence-corrected chi connectivity index (χ2v) is 8.61. The molecule has 4 rings (SSSR count). The molecule has 1 amide bonds. The minimum absolute atomic E-state index is 0.0257. The first-order valence-corrected chi connectivity index (χ1v) is 11.9. The number of carbonyl (C=O) groups is 1. The maximum Gasteiger partial charge on any atom is 0.274 e. The lowest BCUT2D eigenvalue weighted by Crippen LogP contribution is -2.23. The number of nitroso groups, excluding NO2 is 1. The molecule has 0 aliphatic heterocycles. The molecule has 0 fully saturated rings. The van der Waals surface area contributed by atoms with Crippen molar-refractivity contribution in [2.75, 3.05) is 20.1 Å². The molecule has 1 aromatic heterocycles. The predicted molar refractivity (Wildman–Crippen MR) is 140 cm³/mol. The Labute approximate surface area is 213 Å². The van der Waals surface area contributed by atoms with Crippen LogP contribution in [-0.2, 0) is 6.54 Å². The van der Waals surface area contributed by atoms with Crippen LogP contribution in [0.1, 0.15) is 29.9 Å². The van der Waals surface area contributed by atoms with Crippen LogP contribution in [0.4, 0.5) is 10.1 Å². The number of nitrogens with zero attached hydrogens (tertiary/aromatic N) is 3. The van der Waals surface area contributed by atoms with E-state index in [0.29, 0.717) is 28.8 Å². The molecule has 2 N–H and O–H groups in total. The number of rotatable bonds is 9. The zero-order valence-electron chi connectivity index (χ0n) is 20.8.